The van der Waals surface area contributed by atoms with Crippen molar-refractivity contribution in [1.29, 1.82) is 0 Å². The molecule has 0 amide bonds. The molecule has 0 saturated carbocycles. The van der Waals surface area contributed by atoms with Crippen molar-refractivity contribution >= 4 is 24.9 Å². The Bertz CT molecular complexity index is 1260. The predicted octanol–water partition coefficient (Wildman–Crippen LogP) is 4.67. The van der Waals surface area contributed by atoms with Gasteiger partial charge in [-0.25, -0.2) is 14.6 Å². The van der Waals surface area contributed by atoms with Crippen LogP contribution in [0, 0.1) is 11.5 Å². The average Bonchev–Trinajstić information content (AvgIpc) is 3.21. The SMILES string of the molecule is COc1ccc(CNc2ncnc3c2cnn3-c2cccc(C#C[Si](C)(C)C)c2)cc1. The summed E-state index contributed by atoms with van der Waals surface area (Å²) in [5, 5.41) is 8.83. The summed E-state index contributed by atoms with van der Waals surface area (Å²) in [6.07, 6.45) is 3.36. The van der Waals surface area contributed by atoms with Crippen LogP contribution in [0.3, 0.4) is 0 Å². The van der Waals surface area contributed by atoms with Gasteiger partial charge in [-0.1, -0.05) is 43.8 Å². The lowest BCUT2D eigenvalue weighted by molar-refractivity contribution is 0.414. The van der Waals surface area contributed by atoms with E-state index in [1.807, 2.05) is 53.2 Å². The molecule has 0 atom stereocenters. The molecule has 4 rings (SSSR count). The normalized spacial score (nSPS) is 11.1. The van der Waals surface area contributed by atoms with Crippen molar-refractivity contribution < 1.29 is 4.74 Å². The number of fused-ring (bicyclic) bond motifs is 1. The third-order valence-corrected chi connectivity index (χ3v) is 5.53. The van der Waals surface area contributed by atoms with E-state index in [4.69, 9.17) is 4.74 Å². The van der Waals surface area contributed by atoms with Gasteiger partial charge in [-0.2, -0.15) is 5.10 Å². The zero-order chi connectivity index (χ0) is 21.8. The molecule has 0 unspecified atom stereocenters. The second-order valence-corrected chi connectivity index (χ2v) is 13.0. The van der Waals surface area contributed by atoms with Crippen LogP contribution < -0.4 is 10.1 Å². The van der Waals surface area contributed by atoms with E-state index in [0.29, 0.717) is 6.54 Å². The minimum atomic E-state index is -1.44. The van der Waals surface area contributed by atoms with E-state index in [0.717, 1.165) is 39.4 Å². The molecule has 1 N–H and O–H groups in total. The molecule has 0 aliphatic rings. The largest absolute Gasteiger partial charge is 0.497 e. The maximum absolute atomic E-state index is 5.22. The summed E-state index contributed by atoms with van der Waals surface area (Å²) < 4.78 is 7.04. The molecular weight excluding hydrogens is 402 g/mol. The van der Waals surface area contributed by atoms with Gasteiger partial charge in [0.1, 0.15) is 26.0 Å². The molecule has 0 radical (unpaired) electrons. The first-order valence-electron chi connectivity index (χ1n) is 10.1. The Labute approximate surface area is 183 Å². The molecule has 6 nitrogen and oxygen atoms in total. The monoisotopic (exact) mass is 427 g/mol. The van der Waals surface area contributed by atoms with Crippen LogP contribution in [0.2, 0.25) is 19.6 Å². The summed E-state index contributed by atoms with van der Waals surface area (Å²) in [4.78, 5) is 8.89. The second kappa shape index (κ2) is 8.62. The Balaban J connectivity index is 1.60. The van der Waals surface area contributed by atoms with Crippen molar-refractivity contribution in [2.24, 2.45) is 0 Å². The van der Waals surface area contributed by atoms with E-state index in [2.05, 4.69) is 51.5 Å². The van der Waals surface area contributed by atoms with Crippen molar-refractivity contribution in [3.8, 4) is 22.9 Å². The molecule has 4 aromatic rings. The Morgan fingerprint density at radius 1 is 1.06 bits per heavy atom. The number of benzene rings is 2. The summed E-state index contributed by atoms with van der Waals surface area (Å²) in [5.41, 5.74) is 7.21. The molecule has 0 aliphatic carbocycles. The first kappa shape index (κ1) is 20.6. The van der Waals surface area contributed by atoms with E-state index in [-0.39, 0.29) is 0 Å². The summed E-state index contributed by atoms with van der Waals surface area (Å²) in [7, 11) is 0.227. The van der Waals surface area contributed by atoms with E-state index in [1.54, 1.807) is 19.6 Å². The number of nitrogens with zero attached hydrogens (tertiary/aromatic N) is 4. The van der Waals surface area contributed by atoms with Crippen LogP contribution in [0.4, 0.5) is 5.82 Å². The molecule has 2 aromatic heterocycles. The zero-order valence-electron chi connectivity index (χ0n) is 18.2. The van der Waals surface area contributed by atoms with Crippen LogP contribution >= 0.6 is 0 Å². The maximum atomic E-state index is 5.22. The zero-order valence-corrected chi connectivity index (χ0v) is 19.2. The predicted molar refractivity (Wildman–Crippen MR) is 127 cm³/mol. The number of rotatable bonds is 5. The number of anilines is 1. The van der Waals surface area contributed by atoms with Crippen LogP contribution in [-0.4, -0.2) is 34.9 Å². The fourth-order valence-electron chi connectivity index (χ4n) is 3.08. The lowest BCUT2D eigenvalue weighted by Crippen LogP contribution is -2.16. The van der Waals surface area contributed by atoms with Gasteiger partial charge in [0, 0.05) is 12.1 Å². The molecular formula is C24H25N5OSi. The summed E-state index contributed by atoms with van der Waals surface area (Å²) >= 11 is 0. The highest BCUT2D eigenvalue weighted by molar-refractivity contribution is 6.83. The minimum Gasteiger partial charge on any atom is -0.497 e. The molecule has 0 spiro atoms. The smallest absolute Gasteiger partial charge is 0.168 e. The fourth-order valence-corrected chi connectivity index (χ4v) is 3.60. The van der Waals surface area contributed by atoms with Gasteiger partial charge in [0.25, 0.3) is 0 Å². The van der Waals surface area contributed by atoms with Crippen molar-refractivity contribution in [2.75, 3.05) is 12.4 Å². The number of hydrogen-bond donors (Lipinski definition) is 1. The topological polar surface area (TPSA) is 64.9 Å². The quantitative estimate of drug-likeness (QED) is 0.370. The second-order valence-electron chi connectivity index (χ2n) is 8.27. The molecule has 2 heterocycles. The number of nitrogens with one attached hydrogen (secondary N) is 1. The Morgan fingerprint density at radius 3 is 2.61 bits per heavy atom. The van der Waals surface area contributed by atoms with Crippen molar-refractivity contribution in [3.05, 3.63) is 72.2 Å². The molecule has 0 bridgehead atoms. The highest BCUT2D eigenvalue weighted by atomic mass is 28.3. The minimum absolute atomic E-state index is 0.642. The lowest BCUT2D eigenvalue weighted by atomic mass is 10.2. The molecule has 0 fully saturated rings. The van der Waals surface area contributed by atoms with E-state index in [9.17, 15) is 0 Å². The Hall–Kier alpha value is -3.63. The van der Waals surface area contributed by atoms with Crippen molar-refractivity contribution in [3.63, 3.8) is 0 Å². The first-order chi connectivity index (χ1) is 14.9. The Morgan fingerprint density at radius 2 is 1.87 bits per heavy atom. The van der Waals surface area contributed by atoms with Gasteiger partial charge in [0.15, 0.2) is 5.65 Å². The van der Waals surface area contributed by atoms with Crippen LogP contribution in [0.25, 0.3) is 16.7 Å². The van der Waals surface area contributed by atoms with Gasteiger partial charge in [0.05, 0.1) is 24.4 Å². The summed E-state index contributed by atoms with van der Waals surface area (Å²) in [6.45, 7) is 7.36. The number of ether oxygens (including phenoxy) is 1. The molecule has 2 aromatic carbocycles. The summed E-state index contributed by atoms with van der Waals surface area (Å²) in [5.74, 6) is 4.90. The number of aromatic nitrogens is 4. The molecule has 7 heteroatoms. The van der Waals surface area contributed by atoms with Gasteiger partial charge >= 0.3 is 0 Å². The first-order valence-corrected chi connectivity index (χ1v) is 13.6. The molecule has 0 aliphatic heterocycles. The van der Waals surface area contributed by atoms with Gasteiger partial charge in [-0.05, 0) is 35.9 Å². The van der Waals surface area contributed by atoms with Crippen LogP contribution in [-0.2, 0) is 6.54 Å². The standard InChI is InChI=1S/C24H25N5OSi/c1-30-21-10-8-19(9-11-21)15-25-23-22-16-28-29(24(22)27-17-26-23)20-7-5-6-18(14-20)12-13-31(2,3)4/h5-11,14,16-17H,15H2,1-4H3,(H,25,26,27). The Kier molecular flexibility index (Phi) is 5.74. The van der Waals surface area contributed by atoms with Crippen molar-refractivity contribution in [2.45, 2.75) is 26.2 Å². The van der Waals surface area contributed by atoms with Crippen molar-refractivity contribution in [1.82, 2.24) is 19.7 Å². The summed E-state index contributed by atoms with van der Waals surface area (Å²) in [6, 6.07) is 16.0. The average molecular weight is 428 g/mol. The van der Waals surface area contributed by atoms with E-state index in [1.165, 1.54) is 0 Å². The third-order valence-electron chi connectivity index (χ3n) is 4.66. The molecule has 31 heavy (non-hydrogen) atoms. The molecule has 156 valence electrons. The highest BCUT2D eigenvalue weighted by Crippen LogP contribution is 2.23. The van der Waals surface area contributed by atoms with Gasteiger partial charge in [0.2, 0.25) is 0 Å². The highest BCUT2D eigenvalue weighted by Gasteiger charge is 2.12. The van der Waals surface area contributed by atoms with Gasteiger partial charge in [-0.15, -0.1) is 5.54 Å². The van der Waals surface area contributed by atoms with Crippen LogP contribution in [0.5, 0.6) is 5.75 Å². The maximum Gasteiger partial charge on any atom is 0.168 e. The number of methoxy groups -OCH3 is 1. The van der Waals surface area contributed by atoms with Crippen LogP contribution in [0.1, 0.15) is 11.1 Å². The van der Waals surface area contributed by atoms with E-state index < -0.39 is 8.07 Å². The number of hydrogen-bond acceptors (Lipinski definition) is 5. The third kappa shape index (κ3) is 4.93. The van der Waals surface area contributed by atoms with E-state index >= 15 is 0 Å². The van der Waals surface area contributed by atoms with Crippen LogP contribution in [0.15, 0.2) is 61.1 Å². The van der Waals surface area contributed by atoms with Gasteiger partial charge in [-0.3, -0.25) is 0 Å². The van der Waals surface area contributed by atoms with Gasteiger partial charge < -0.3 is 10.1 Å². The molecule has 0 saturated heterocycles. The lowest BCUT2D eigenvalue weighted by Gasteiger charge is -2.08. The fraction of sp³-hybridized carbons (Fsp3) is 0.208.